The Morgan fingerprint density at radius 3 is 2.33 bits per heavy atom. The Hall–Kier alpha value is -0.650. The Balaban J connectivity index is 2.11. The molecule has 2 N–H and O–H groups in total. The number of hydrogen-bond acceptors (Lipinski definition) is 5. The van der Waals surface area contributed by atoms with Crippen LogP contribution in [0.15, 0.2) is 0 Å². The Bertz CT molecular complexity index is 400. The van der Waals surface area contributed by atoms with Crippen LogP contribution in [0.4, 0.5) is 5.13 Å². The summed E-state index contributed by atoms with van der Waals surface area (Å²) in [5.41, 5.74) is 6.98. The molecule has 0 saturated carbocycles. The molecule has 0 spiro atoms. The van der Waals surface area contributed by atoms with Gasteiger partial charge in [-0.1, -0.05) is 18.3 Å². The second-order valence-electron chi connectivity index (χ2n) is 5.55. The third kappa shape index (κ3) is 2.84. The number of likely N-dealkylation sites (N-methyl/N-ethyl adjacent to an activating group) is 1. The number of thiazole rings is 1. The summed E-state index contributed by atoms with van der Waals surface area (Å²) in [5, 5.41) is 1.14. The van der Waals surface area contributed by atoms with Crippen LogP contribution in [0.25, 0.3) is 0 Å². The van der Waals surface area contributed by atoms with E-state index in [9.17, 15) is 0 Å². The van der Waals surface area contributed by atoms with Crippen LogP contribution >= 0.6 is 11.3 Å². The number of rotatable bonds is 3. The van der Waals surface area contributed by atoms with Crippen LogP contribution in [0.5, 0.6) is 0 Å². The van der Waals surface area contributed by atoms with E-state index in [-0.39, 0.29) is 5.54 Å². The first kappa shape index (κ1) is 13.8. The van der Waals surface area contributed by atoms with Crippen LogP contribution in [0.2, 0.25) is 0 Å². The van der Waals surface area contributed by atoms with Crippen LogP contribution in [-0.2, 0) is 5.54 Å². The fraction of sp³-hybridized carbons (Fsp3) is 0.769. The third-order valence-corrected chi connectivity index (χ3v) is 5.02. The van der Waals surface area contributed by atoms with Crippen molar-refractivity contribution < 1.29 is 0 Å². The zero-order chi connectivity index (χ0) is 13.3. The second-order valence-corrected chi connectivity index (χ2v) is 6.53. The number of piperazine rings is 1. The van der Waals surface area contributed by atoms with Crippen LogP contribution in [0.1, 0.15) is 31.3 Å². The van der Waals surface area contributed by atoms with E-state index in [0.29, 0.717) is 0 Å². The van der Waals surface area contributed by atoms with E-state index in [2.05, 4.69) is 23.6 Å². The lowest BCUT2D eigenvalue weighted by atomic mass is 10.0. The van der Waals surface area contributed by atoms with E-state index in [0.717, 1.165) is 43.5 Å². The van der Waals surface area contributed by atoms with E-state index in [1.54, 1.807) is 11.3 Å². The molecule has 1 aromatic heterocycles. The van der Waals surface area contributed by atoms with Crippen molar-refractivity contribution in [3.8, 4) is 0 Å². The highest BCUT2D eigenvalue weighted by Crippen LogP contribution is 2.32. The van der Waals surface area contributed by atoms with Gasteiger partial charge in [0.25, 0.3) is 0 Å². The van der Waals surface area contributed by atoms with Crippen molar-refractivity contribution in [3.63, 3.8) is 0 Å². The van der Waals surface area contributed by atoms with Gasteiger partial charge in [-0.3, -0.25) is 0 Å². The van der Waals surface area contributed by atoms with Gasteiger partial charge in [-0.05, 0) is 27.3 Å². The number of aryl methyl sites for hydroxylation is 1. The molecule has 0 amide bonds. The van der Waals surface area contributed by atoms with Gasteiger partial charge in [0.15, 0.2) is 5.13 Å². The van der Waals surface area contributed by atoms with Crippen molar-refractivity contribution in [2.45, 2.75) is 33.2 Å². The summed E-state index contributed by atoms with van der Waals surface area (Å²) < 4.78 is 0. The van der Waals surface area contributed by atoms with Crippen LogP contribution < -0.4 is 10.6 Å². The predicted octanol–water partition coefficient (Wildman–Crippen LogP) is 1.79. The highest BCUT2D eigenvalue weighted by atomic mass is 32.1. The van der Waals surface area contributed by atoms with Gasteiger partial charge in [-0.2, -0.15) is 0 Å². The third-order valence-electron chi connectivity index (χ3n) is 3.46. The first-order valence-electron chi connectivity index (χ1n) is 6.66. The minimum atomic E-state index is -0.286. The monoisotopic (exact) mass is 268 g/mol. The molecular formula is C13H24N4S. The smallest absolute Gasteiger partial charge is 0.185 e. The number of nitrogens with zero attached hydrogens (tertiary/aromatic N) is 3. The lowest BCUT2D eigenvalue weighted by Gasteiger charge is -2.33. The highest BCUT2D eigenvalue weighted by Gasteiger charge is 2.24. The molecule has 18 heavy (non-hydrogen) atoms. The predicted molar refractivity (Wildman–Crippen MR) is 78.4 cm³/mol. The largest absolute Gasteiger partial charge is 0.346 e. The SMILES string of the molecule is CCN1CCN(c2nc(C)c(C(C)(C)N)s2)CC1. The van der Waals surface area contributed by atoms with E-state index >= 15 is 0 Å². The van der Waals surface area contributed by atoms with E-state index < -0.39 is 0 Å². The van der Waals surface area contributed by atoms with Crippen LogP contribution in [0.3, 0.4) is 0 Å². The summed E-state index contributed by atoms with van der Waals surface area (Å²) in [6.45, 7) is 13.9. The number of anilines is 1. The maximum atomic E-state index is 6.19. The van der Waals surface area contributed by atoms with Gasteiger partial charge in [0.05, 0.1) is 5.69 Å². The molecule has 2 heterocycles. The zero-order valence-corrected chi connectivity index (χ0v) is 12.7. The average Bonchev–Trinajstić information content (AvgIpc) is 2.71. The number of hydrogen-bond donors (Lipinski definition) is 1. The first-order chi connectivity index (χ1) is 8.41. The van der Waals surface area contributed by atoms with Crippen LogP contribution in [-0.4, -0.2) is 42.6 Å². The molecule has 1 saturated heterocycles. The topological polar surface area (TPSA) is 45.4 Å². The maximum absolute atomic E-state index is 6.19. The molecule has 4 nitrogen and oxygen atoms in total. The summed E-state index contributed by atoms with van der Waals surface area (Å²) in [5.74, 6) is 0. The lowest BCUT2D eigenvalue weighted by molar-refractivity contribution is 0.271. The van der Waals surface area contributed by atoms with Crippen molar-refractivity contribution in [1.29, 1.82) is 0 Å². The molecule has 1 aromatic rings. The summed E-state index contributed by atoms with van der Waals surface area (Å²) >= 11 is 1.75. The van der Waals surface area contributed by atoms with Crippen molar-refractivity contribution in [1.82, 2.24) is 9.88 Å². The molecule has 5 heteroatoms. The second kappa shape index (κ2) is 5.15. The number of nitrogens with two attached hydrogens (primary N) is 1. The fourth-order valence-corrected chi connectivity index (χ4v) is 3.50. The Labute approximate surface area is 114 Å². The molecule has 0 aromatic carbocycles. The van der Waals surface area contributed by atoms with Gasteiger partial charge >= 0.3 is 0 Å². The van der Waals surface area contributed by atoms with Gasteiger partial charge in [-0.15, -0.1) is 0 Å². The molecule has 1 fully saturated rings. The lowest BCUT2D eigenvalue weighted by Crippen LogP contribution is -2.46. The summed E-state index contributed by atoms with van der Waals surface area (Å²) in [7, 11) is 0. The Kier molecular flexibility index (Phi) is 3.94. The van der Waals surface area contributed by atoms with Gasteiger partial charge in [0, 0.05) is 36.6 Å². The zero-order valence-electron chi connectivity index (χ0n) is 11.9. The summed E-state index contributed by atoms with van der Waals surface area (Å²) in [4.78, 5) is 10.8. The van der Waals surface area contributed by atoms with E-state index in [1.807, 2.05) is 13.8 Å². The molecular weight excluding hydrogens is 244 g/mol. The molecule has 2 rings (SSSR count). The average molecular weight is 268 g/mol. The summed E-state index contributed by atoms with van der Waals surface area (Å²) in [6, 6.07) is 0. The molecule has 0 aliphatic carbocycles. The molecule has 0 atom stereocenters. The van der Waals surface area contributed by atoms with E-state index in [1.165, 1.54) is 4.88 Å². The molecule has 0 bridgehead atoms. The molecule has 0 radical (unpaired) electrons. The first-order valence-corrected chi connectivity index (χ1v) is 7.47. The van der Waals surface area contributed by atoms with Gasteiger partial charge in [0.1, 0.15) is 0 Å². The Morgan fingerprint density at radius 2 is 1.89 bits per heavy atom. The van der Waals surface area contributed by atoms with Crippen LogP contribution in [0, 0.1) is 6.92 Å². The maximum Gasteiger partial charge on any atom is 0.185 e. The number of aromatic nitrogens is 1. The van der Waals surface area contributed by atoms with Crippen molar-refractivity contribution in [2.75, 3.05) is 37.6 Å². The van der Waals surface area contributed by atoms with Gasteiger partial charge < -0.3 is 15.5 Å². The van der Waals surface area contributed by atoms with Crippen molar-refractivity contribution in [2.24, 2.45) is 5.73 Å². The Morgan fingerprint density at radius 1 is 1.28 bits per heavy atom. The molecule has 102 valence electrons. The standard InChI is InChI=1S/C13H24N4S/c1-5-16-6-8-17(9-7-16)12-15-10(2)11(18-12)13(3,4)14/h5-9,14H2,1-4H3. The van der Waals surface area contributed by atoms with Crippen molar-refractivity contribution in [3.05, 3.63) is 10.6 Å². The minimum absolute atomic E-state index is 0.286. The molecule has 1 aliphatic heterocycles. The quantitative estimate of drug-likeness (QED) is 0.908. The fourth-order valence-electron chi connectivity index (χ4n) is 2.37. The molecule has 0 unspecified atom stereocenters. The van der Waals surface area contributed by atoms with Gasteiger partial charge in [-0.25, -0.2) is 4.98 Å². The van der Waals surface area contributed by atoms with Gasteiger partial charge in [0.2, 0.25) is 0 Å². The van der Waals surface area contributed by atoms with Crippen molar-refractivity contribution >= 4 is 16.5 Å². The molecule has 1 aliphatic rings. The summed E-state index contributed by atoms with van der Waals surface area (Å²) in [6.07, 6.45) is 0. The highest BCUT2D eigenvalue weighted by molar-refractivity contribution is 7.15. The normalized spacial score (nSPS) is 18.4. The van der Waals surface area contributed by atoms with E-state index in [4.69, 9.17) is 10.7 Å². The minimum Gasteiger partial charge on any atom is -0.346 e.